The van der Waals surface area contributed by atoms with Gasteiger partial charge in [0.2, 0.25) is 0 Å². The van der Waals surface area contributed by atoms with Crippen molar-refractivity contribution in [2.24, 2.45) is 5.92 Å². The van der Waals surface area contributed by atoms with E-state index in [4.69, 9.17) is 59.7 Å². The van der Waals surface area contributed by atoms with Crippen LogP contribution in [0.5, 0.6) is 0 Å². The normalized spacial score (nSPS) is 20.8. The van der Waals surface area contributed by atoms with Crippen LogP contribution in [0, 0.1) is 5.92 Å². The summed E-state index contributed by atoms with van der Waals surface area (Å²) in [7, 11) is 43.3. The van der Waals surface area contributed by atoms with E-state index in [1.54, 1.807) is 4.90 Å². The molecule has 4 rings (SSSR count). The van der Waals surface area contributed by atoms with Gasteiger partial charge in [0.15, 0.2) is 5.69 Å². The summed E-state index contributed by atoms with van der Waals surface area (Å²) in [5.74, 6) is 0.583. The molecular weight excluding hydrogens is 547 g/mol. The Bertz CT molecular complexity index is 1290. The molecule has 3 heterocycles. The summed E-state index contributed by atoms with van der Waals surface area (Å²) in [6.07, 6.45) is -1.05. The van der Waals surface area contributed by atoms with Gasteiger partial charge in [-0.2, -0.15) is 13.2 Å². The standard InChI is InChI=1S/C26H27B7F3N5O2/c1-13-11-39(17-10-37-16(9-38-17)26(34,35)36)12-14(2)41(13)24(42)43-8-5-15-3-6-40(7-4-15)25(32,33)18-19(27)21(29)23(31)22(30)20(18)28/h9-10,13-15H,3-8,11-12H2,1-2H3/t13-,14-/m1/s1. The van der Waals surface area contributed by atoms with E-state index in [2.05, 4.69) is 9.97 Å². The van der Waals surface area contributed by atoms with Gasteiger partial charge >= 0.3 is 12.3 Å². The molecule has 2 atom stereocenters. The zero-order chi connectivity index (χ0) is 31.9. The van der Waals surface area contributed by atoms with Crippen molar-refractivity contribution in [3.8, 4) is 0 Å². The maximum absolute atomic E-state index is 13.0. The first-order valence-electron chi connectivity index (χ1n) is 14.0. The first-order valence-corrected chi connectivity index (χ1v) is 14.0. The van der Waals surface area contributed by atoms with Gasteiger partial charge < -0.3 is 14.5 Å². The van der Waals surface area contributed by atoms with Gasteiger partial charge in [-0.3, -0.25) is 4.90 Å². The molecule has 7 nitrogen and oxygen atoms in total. The fraction of sp³-hybridized carbons (Fsp3) is 0.577. The molecule has 0 spiro atoms. The lowest BCUT2D eigenvalue weighted by atomic mass is 9.48. The lowest BCUT2D eigenvalue weighted by Crippen LogP contribution is -2.63. The summed E-state index contributed by atoms with van der Waals surface area (Å²) in [4.78, 5) is 25.7. The number of hydrogen-bond donors (Lipinski definition) is 0. The third-order valence-electron chi connectivity index (χ3n) is 8.37. The Morgan fingerprint density at radius 3 is 1.93 bits per heavy atom. The maximum atomic E-state index is 13.0. The number of carbonyl (C=O) groups is 1. The Morgan fingerprint density at radius 2 is 1.44 bits per heavy atom. The number of aromatic nitrogens is 2. The lowest BCUT2D eigenvalue weighted by molar-refractivity contribution is -0.141. The number of alkyl halides is 3. The summed E-state index contributed by atoms with van der Waals surface area (Å²) in [5.41, 5.74) is -0.379. The number of ether oxygens (including phenoxy) is 1. The average Bonchev–Trinajstić information content (AvgIpc) is 2.94. The van der Waals surface area contributed by atoms with E-state index < -0.39 is 23.3 Å². The number of nitrogens with zero attached hydrogens (tertiary/aromatic N) is 5. The largest absolute Gasteiger partial charge is 0.449 e. The van der Waals surface area contributed by atoms with E-state index in [0.717, 1.165) is 19.0 Å². The summed E-state index contributed by atoms with van der Waals surface area (Å²) in [5, 5.41) is -1.53. The van der Waals surface area contributed by atoms with Crippen LogP contribution in [0.25, 0.3) is 0 Å². The fourth-order valence-corrected chi connectivity index (χ4v) is 5.92. The van der Waals surface area contributed by atoms with Crippen LogP contribution in [0.3, 0.4) is 0 Å². The Kier molecular flexibility index (Phi) is 10.0. The molecule has 43 heavy (non-hydrogen) atoms. The number of benzene rings is 1. The highest BCUT2D eigenvalue weighted by atomic mass is 19.4. The number of amides is 1. The molecule has 1 aromatic heterocycles. The molecule has 2 aromatic rings. The van der Waals surface area contributed by atoms with Crippen molar-refractivity contribution in [2.75, 3.05) is 37.7 Å². The SMILES string of the molecule is [B]c1c([B])c([B])c(C([B])([B])N2CCC(CCOC(=O)N3[C@H](C)CN(c4cnc(C(F)(F)F)cn4)C[C@H]3C)CC2)c([B])c1[B]. The number of likely N-dealkylation sites (tertiary alicyclic amines) is 1. The van der Waals surface area contributed by atoms with Crippen LogP contribution < -0.4 is 32.2 Å². The molecule has 210 valence electrons. The zero-order valence-corrected chi connectivity index (χ0v) is 24.3. The minimum atomic E-state index is -4.56. The quantitative estimate of drug-likeness (QED) is 0.364. The average molecular weight is 574 g/mol. The van der Waals surface area contributed by atoms with Gasteiger partial charge in [-0.15, -0.1) is 27.3 Å². The highest BCUT2D eigenvalue weighted by Crippen LogP contribution is 2.29. The van der Waals surface area contributed by atoms with E-state index in [9.17, 15) is 18.0 Å². The monoisotopic (exact) mass is 575 g/mol. The van der Waals surface area contributed by atoms with Gasteiger partial charge in [0.25, 0.3) is 0 Å². The smallest absolute Gasteiger partial charge is 0.434 e. The van der Waals surface area contributed by atoms with Crippen LogP contribution in [0.15, 0.2) is 12.4 Å². The van der Waals surface area contributed by atoms with Crippen LogP contribution >= 0.6 is 0 Å². The first-order chi connectivity index (χ1) is 20.0. The van der Waals surface area contributed by atoms with E-state index >= 15 is 0 Å². The van der Waals surface area contributed by atoms with Crippen molar-refractivity contribution >= 4 is 94.1 Å². The molecule has 0 N–H and O–H groups in total. The minimum Gasteiger partial charge on any atom is -0.449 e. The second kappa shape index (κ2) is 12.9. The van der Waals surface area contributed by atoms with E-state index in [0.29, 0.717) is 44.6 Å². The van der Waals surface area contributed by atoms with Crippen LogP contribution in [0.1, 0.15) is 44.4 Å². The Morgan fingerprint density at radius 1 is 0.907 bits per heavy atom. The molecule has 2 fully saturated rings. The molecule has 0 aliphatic carbocycles. The topological polar surface area (TPSA) is 61.8 Å². The van der Waals surface area contributed by atoms with Gasteiger partial charge in [-0.05, 0) is 57.5 Å². The third-order valence-corrected chi connectivity index (χ3v) is 8.37. The maximum Gasteiger partial charge on any atom is 0.434 e. The van der Waals surface area contributed by atoms with Crippen molar-refractivity contribution in [3.63, 3.8) is 0 Å². The predicted octanol–water partition coefficient (Wildman–Crippen LogP) is -2.25. The van der Waals surface area contributed by atoms with E-state index in [-0.39, 0.29) is 57.5 Å². The number of hydrogen-bond acceptors (Lipinski definition) is 6. The highest BCUT2D eigenvalue weighted by Gasteiger charge is 2.37. The van der Waals surface area contributed by atoms with Crippen LogP contribution in [-0.2, 0) is 16.3 Å². The predicted molar refractivity (Wildman–Crippen MR) is 167 cm³/mol. The van der Waals surface area contributed by atoms with Crippen molar-refractivity contribution in [1.29, 1.82) is 0 Å². The minimum absolute atomic E-state index is 0.0805. The van der Waals surface area contributed by atoms with Gasteiger partial charge in [0, 0.05) is 13.1 Å². The summed E-state index contributed by atoms with van der Waals surface area (Å²) in [6.45, 7) is 5.76. The second-order valence-electron chi connectivity index (χ2n) is 11.4. The molecular formula is C26H27B7F3N5O2. The van der Waals surface area contributed by atoms with Crippen molar-refractivity contribution in [3.05, 3.63) is 23.7 Å². The summed E-state index contributed by atoms with van der Waals surface area (Å²) < 4.78 is 44.1. The van der Waals surface area contributed by atoms with Gasteiger partial charge in [-0.1, -0.05) is 5.56 Å². The van der Waals surface area contributed by atoms with Crippen LogP contribution in [0.4, 0.5) is 23.8 Å². The highest BCUT2D eigenvalue weighted by molar-refractivity contribution is 6.68. The van der Waals surface area contributed by atoms with Crippen LogP contribution in [0.2, 0.25) is 0 Å². The first kappa shape index (κ1) is 33.5. The fourth-order valence-electron chi connectivity index (χ4n) is 5.92. The molecule has 0 saturated carbocycles. The van der Waals surface area contributed by atoms with Crippen molar-refractivity contribution < 1.29 is 22.7 Å². The number of anilines is 1. The van der Waals surface area contributed by atoms with Crippen molar-refractivity contribution in [2.45, 2.75) is 56.7 Å². The molecule has 2 aliphatic rings. The number of rotatable bonds is 6. The van der Waals surface area contributed by atoms with Crippen LogP contribution in [-0.4, -0.2) is 126 Å². The van der Waals surface area contributed by atoms with E-state index in [1.165, 1.54) is 0 Å². The molecule has 2 saturated heterocycles. The number of piperazine rings is 1. The van der Waals surface area contributed by atoms with Gasteiger partial charge in [-0.25, -0.2) is 14.8 Å². The number of halogens is 3. The summed E-state index contributed by atoms with van der Waals surface area (Å²) in [6, 6.07) is -0.524. The Balaban J connectivity index is 1.27. The number of carbonyl (C=O) groups excluding carboxylic acids is 1. The number of piperidine rings is 1. The van der Waals surface area contributed by atoms with Gasteiger partial charge in [0.05, 0.1) is 46.8 Å². The Labute approximate surface area is 260 Å². The molecule has 0 unspecified atom stereocenters. The van der Waals surface area contributed by atoms with Gasteiger partial charge in [0.1, 0.15) is 45.0 Å². The molecule has 14 radical (unpaired) electrons. The molecule has 0 bridgehead atoms. The summed E-state index contributed by atoms with van der Waals surface area (Å²) >= 11 is 0. The molecule has 1 amide bonds. The zero-order valence-electron chi connectivity index (χ0n) is 24.3. The van der Waals surface area contributed by atoms with E-state index in [1.807, 2.05) is 23.6 Å². The Hall–Kier alpha value is -2.43. The molecule has 17 heteroatoms. The molecule has 2 aliphatic heterocycles. The molecule has 1 aromatic carbocycles. The van der Waals surface area contributed by atoms with Crippen molar-refractivity contribution in [1.82, 2.24) is 19.8 Å². The third kappa shape index (κ3) is 6.96. The lowest BCUT2D eigenvalue weighted by Gasteiger charge is -2.47. The second-order valence-corrected chi connectivity index (χ2v) is 11.4.